The Labute approximate surface area is 137 Å². The first-order valence-corrected chi connectivity index (χ1v) is 8.51. The van der Waals surface area contributed by atoms with Crippen molar-refractivity contribution >= 4 is 35.0 Å². The molecule has 1 aromatic carbocycles. The number of nitrogens with zero attached hydrogens (tertiary/aromatic N) is 1. The van der Waals surface area contributed by atoms with E-state index in [-0.39, 0.29) is 11.8 Å². The summed E-state index contributed by atoms with van der Waals surface area (Å²) in [6.07, 6.45) is 0. The number of carbonyl (C=O) groups is 2. The molecule has 0 aliphatic heterocycles. The molecule has 0 bridgehead atoms. The van der Waals surface area contributed by atoms with Crippen LogP contribution in [0.1, 0.15) is 13.8 Å². The van der Waals surface area contributed by atoms with Gasteiger partial charge in [-0.05, 0) is 5.92 Å². The van der Waals surface area contributed by atoms with Crippen LogP contribution in [0.15, 0.2) is 40.1 Å². The first-order valence-electron chi connectivity index (χ1n) is 6.75. The third kappa shape index (κ3) is 4.32. The fourth-order valence-electron chi connectivity index (χ4n) is 1.85. The second-order valence-corrected chi connectivity index (χ2v) is 7.25. The molecule has 0 aliphatic carbocycles. The van der Waals surface area contributed by atoms with E-state index in [0.717, 1.165) is 15.6 Å². The standard InChI is InChI=1S/C15H17N3O2S2/c1-9(2)12(13(19)18-14(16)20)22-15-17-11(8-21-15)10-6-4-3-5-7-10/h3-9,12H,1-2H3,(H3,16,18,19,20)/t12-/m1/s1. The summed E-state index contributed by atoms with van der Waals surface area (Å²) >= 11 is 2.83. The number of rotatable bonds is 5. The van der Waals surface area contributed by atoms with Crippen LogP contribution in [-0.4, -0.2) is 22.2 Å². The molecule has 5 nitrogen and oxygen atoms in total. The Bertz CT molecular complexity index is 656. The number of thioether (sulfide) groups is 1. The van der Waals surface area contributed by atoms with Gasteiger partial charge in [-0.2, -0.15) is 0 Å². The molecule has 3 amide bonds. The fourth-order valence-corrected chi connectivity index (χ4v) is 3.88. The molecule has 0 saturated heterocycles. The van der Waals surface area contributed by atoms with E-state index >= 15 is 0 Å². The maximum absolute atomic E-state index is 12.0. The number of thiazole rings is 1. The normalized spacial score (nSPS) is 12.1. The Hall–Kier alpha value is -1.86. The molecule has 0 radical (unpaired) electrons. The van der Waals surface area contributed by atoms with Crippen molar-refractivity contribution in [2.24, 2.45) is 11.7 Å². The smallest absolute Gasteiger partial charge is 0.318 e. The Balaban J connectivity index is 2.13. The van der Waals surface area contributed by atoms with E-state index in [1.54, 1.807) is 0 Å². The number of aromatic nitrogens is 1. The van der Waals surface area contributed by atoms with Crippen LogP contribution in [0.2, 0.25) is 0 Å². The number of hydrogen-bond donors (Lipinski definition) is 2. The fraction of sp³-hybridized carbons (Fsp3) is 0.267. The lowest BCUT2D eigenvalue weighted by molar-refractivity contribution is -0.120. The predicted octanol–water partition coefficient (Wildman–Crippen LogP) is 3.12. The molecule has 0 fully saturated rings. The Kier molecular flexibility index (Phi) is 5.57. The Morgan fingerprint density at radius 2 is 1.95 bits per heavy atom. The van der Waals surface area contributed by atoms with Gasteiger partial charge in [-0.1, -0.05) is 55.9 Å². The van der Waals surface area contributed by atoms with Gasteiger partial charge in [0.1, 0.15) is 0 Å². The summed E-state index contributed by atoms with van der Waals surface area (Å²) in [5.41, 5.74) is 6.93. The number of primary amides is 1. The zero-order valence-corrected chi connectivity index (χ0v) is 13.9. The minimum Gasteiger partial charge on any atom is -0.351 e. The molecular formula is C15H17N3O2S2. The van der Waals surface area contributed by atoms with Crippen molar-refractivity contribution in [1.29, 1.82) is 0 Å². The number of imide groups is 1. The van der Waals surface area contributed by atoms with Crippen molar-refractivity contribution in [2.45, 2.75) is 23.4 Å². The molecule has 0 aliphatic rings. The van der Waals surface area contributed by atoms with Gasteiger partial charge in [0.05, 0.1) is 10.9 Å². The van der Waals surface area contributed by atoms with Gasteiger partial charge in [0.15, 0.2) is 4.34 Å². The molecule has 1 aromatic heterocycles. The summed E-state index contributed by atoms with van der Waals surface area (Å²) in [4.78, 5) is 27.4. The van der Waals surface area contributed by atoms with Gasteiger partial charge in [-0.25, -0.2) is 9.78 Å². The molecule has 0 unspecified atom stereocenters. The van der Waals surface area contributed by atoms with Gasteiger partial charge in [0.2, 0.25) is 5.91 Å². The summed E-state index contributed by atoms with van der Waals surface area (Å²) in [5.74, 6) is -0.336. The van der Waals surface area contributed by atoms with Crippen molar-refractivity contribution < 1.29 is 9.59 Å². The first-order chi connectivity index (χ1) is 10.5. The quantitative estimate of drug-likeness (QED) is 0.822. The van der Waals surface area contributed by atoms with E-state index in [1.807, 2.05) is 49.6 Å². The number of nitrogens with one attached hydrogen (secondary N) is 1. The topological polar surface area (TPSA) is 85.1 Å². The highest BCUT2D eigenvalue weighted by Gasteiger charge is 2.25. The van der Waals surface area contributed by atoms with E-state index in [4.69, 9.17) is 5.73 Å². The number of carbonyl (C=O) groups excluding carboxylic acids is 2. The van der Waals surface area contributed by atoms with Crippen LogP contribution >= 0.6 is 23.1 Å². The molecule has 1 atom stereocenters. The number of hydrogen-bond acceptors (Lipinski definition) is 5. The molecule has 7 heteroatoms. The van der Waals surface area contributed by atoms with Gasteiger partial charge in [0.25, 0.3) is 0 Å². The van der Waals surface area contributed by atoms with Crippen molar-refractivity contribution in [3.8, 4) is 11.3 Å². The van der Waals surface area contributed by atoms with Crippen molar-refractivity contribution in [2.75, 3.05) is 0 Å². The molecule has 0 saturated carbocycles. The largest absolute Gasteiger partial charge is 0.351 e. The lowest BCUT2D eigenvalue weighted by atomic mass is 10.1. The molecular weight excluding hydrogens is 318 g/mol. The highest BCUT2D eigenvalue weighted by molar-refractivity contribution is 8.02. The van der Waals surface area contributed by atoms with Crippen LogP contribution in [0.4, 0.5) is 4.79 Å². The highest BCUT2D eigenvalue weighted by Crippen LogP contribution is 2.33. The number of nitrogens with two attached hydrogens (primary N) is 1. The summed E-state index contributed by atoms with van der Waals surface area (Å²) in [6.45, 7) is 3.84. The minimum atomic E-state index is -0.833. The maximum atomic E-state index is 12.0. The van der Waals surface area contributed by atoms with Crippen molar-refractivity contribution in [3.05, 3.63) is 35.7 Å². The highest BCUT2D eigenvalue weighted by atomic mass is 32.2. The SMILES string of the molecule is CC(C)[C@@H](Sc1nc(-c2ccccc2)cs1)C(=O)NC(N)=O. The van der Waals surface area contributed by atoms with Crippen LogP contribution < -0.4 is 11.1 Å². The second kappa shape index (κ2) is 7.42. The van der Waals surface area contributed by atoms with Gasteiger partial charge < -0.3 is 5.73 Å². The molecule has 2 rings (SSSR count). The van der Waals surface area contributed by atoms with Gasteiger partial charge >= 0.3 is 6.03 Å². The average Bonchev–Trinajstić information content (AvgIpc) is 2.93. The third-order valence-corrected chi connectivity index (χ3v) is 5.41. The van der Waals surface area contributed by atoms with Crippen LogP contribution in [0.5, 0.6) is 0 Å². The molecule has 3 N–H and O–H groups in total. The maximum Gasteiger partial charge on any atom is 0.318 e. The summed E-state index contributed by atoms with van der Waals surface area (Å²) in [5, 5.41) is 3.68. The Morgan fingerprint density at radius 1 is 1.27 bits per heavy atom. The van der Waals surface area contributed by atoms with E-state index in [2.05, 4.69) is 10.3 Å². The molecule has 0 spiro atoms. The summed E-state index contributed by atoms with van der Waals surface area (Å²) in [6, 6.07) is 9.01. The minimum absolute atomic E-state index is 0.0495. The van der Waals surface area contributed by atoms with Gasteiger partial charge in [-0.15, -0.1) is 11.3 Å². The molecule has 22 heavy (non-hydrogen) atoms. The predicted molar refractivity (Wildman–Crippen MR) is 89.8 cm³/mol. The zero-order valence-electron chi connectivity index (χ0n) is 12.3. The van der Waals surface area contributed by atoms with E-state index < -0.39 is 11.3 Å². The molecule has 1 heterocycles. The lowest BCUT2D eigenvalue weighted by Gasteiger charge is -2.17. The van der Waals surface area contributed by atoms with Crippen molar-refractivity contribution in [3.63, 3.8) is 0 Å². The summed E-state index contributed by atoms with van der Waals surface area (Å²) < 4.78 is 0.789. The summed E-state index contributed by atoms with van der Waals surface area (Å²) in [7, 11) is 0. The van der Waals surface area contributed by atoms with Gasteiger partial charge in [0, 0.05) is 10.9 Å². The van der Waals surface area contributed by atoms with E-state index in [0.29, 0.717) is 0 Å². The second-order valence-electron chi connectivity index (χ2n) is 5.00. The van der Waals surface area contributed by atoms with Gasteiger partial charge in [-0.3, -0.25) is 10.1 Å². The van der Waals surface area contributed by atoms with Crippen LogP contribution in [-0.2, 0) is 4.79 Å². The van der Waals surface area contributed by atoms with Crippen LogP contribution in [0, 0.1) is 5.92 Å². The third-order valence-electron chi connectivity index (χ3n) is 2.89. The first kappa shape index (κ1) is 16.5. The van der Waals surface area contributed by atoms with Crippen molar-refractivity contribution in [1.82, 2.24) is 10.3 Å². The van der Waals surface area contributed by atoms with Crippen LogP contribution in [0.3, 0.4) is 0 Å². The molecule has 2 aromatic rings. The number of benzene rings is 1. The average molecular weight is 335 g/mol. The zero-order chi connectivity index (χ0) is 16.1. The van der Waals surface area contributed by atoms with E-state index in [9.17, 15) is 9.59 Å². The number of urea groups is 1. The monoisotopic (exact) mass is 335 g/mol. The van der Waals surface area contributed by atoms with E-state index in [1.165, 1.54) is 23.1 Å². The van der Waals surface area contributed by atoms with Crippen LogP contribution in [0.25, 0.3) is 11.3 Å². The number of amides is 3. The Morgan fingerprint density at radius 3 is 2.55 bits per heavy atom. The molecule has 116 valence electrons. The lowest BCUT2D eigenvalue weighted by Crippen LogP contribution is -2.42.